The van der Waals surface area contributed by atoms with Gasteiger partial charge in [0.1, 0.15) is 30.0 Å². The fraction of sp³-hybridized carbons (Fsp3) is 0.600. The molecule has 3 aliphatic rings. The summed E-state index contributed by atoms with van der Waals surface area (Å²) in [7, 11) is 0. The molecule has 24 heavy (non-hydrogen) atoms. The lowest BCUT2D eigenvalue weighted by atomic mass is 10.1. The molecule has 0 radical (unpaired) electrons. The van der Waals surface area contributed by atoms with Gasteiger partial charge in [0.05, 0.1) is 16.5 Å². The highest BCUT2D eigenvalue weighted by molar-refractivity contribution is 8.03. The van der Waals surface area contributed by atoms with Gasteiger partial charge in [0.25, 0.3) is 0 Å². The SMILES string of the molecule is C=C1Sc2c(NC3CC3)nc(C)nc2N1[C@@H]1O[C@H](CO)[C@@H](O)[C@H]1O. The number of aromatic nitrogens is 2. The van der Waals surface area contributed by atoms with Crippen LogP contribution < -0.4 is 10.2 Å². The number of nitrogens with one attached hydrogen (secondary N) is 1. The Morgan fingerprint density at radius 1 is 1.33 bits per heavy atom. The molecule has 4 rings (SSSR count). The molecular formula is C15H20N4O4S. The number of rotatable bonds is 4. The molecule has 2 aliphatic heterocycles. The first-order valence-corrected chi connectivity index (χ1v) is 8.75. The van der Waals surface area contributed by atoms with E-state index in [1.165, 1.54) is 11.8 Å². The molecule has 1 aromatic rings. The second-order valence-corrected chi connectivity index (χ2v) is 7.37. The van der Waals surface area contributed by atoms with E-state index in [9.17, 15) is 15.3 Å². The van der Waals surface area contributed by atoms with Crippen LogP contribution in [0, 0.1) is 6.92 Å². The van der Waals surface area contributed by atoms with Gasteiger partial charge in [0, 0.05) is 6.04 Å². The summed E-state index contributed by atoms with van der Waals surface area (Å²) in [5.74, 6) is 1.97. The van der Waals surface area contributed by atoms with E-state index in [1.54, 1.807) is 11.8 Å². The van der Waals surface area contributed by atoms with Gasteiger partial charge in [-0.1, -0.05) is 18.3 Å². The van der Waals surface area contributed by atoms with Gasteiger partial charge in [0.2, 0.25) is 0 Å². The van der Waals surface area contributed by atoms with Crippen molar-refractivity contribution in [2.45, 2.75) is 55.2 Å². The fourth-order valence-corrected chi connectivity index (χ4v) is 3.93. The lowest BCUT2D eigenvalue weighted by Crippen LogP contribution is -2.42. The molecule has 8 nitrogen and oxygen atoms in total. The Morgan fingerprint density at radius 2 is 2.08 bits per heavy atom. The van der Waals surface area contributed by atoms with Crippen molar-refractivity contribution in [1.82, 2.24) is 9.97 Å². The summed E-state index contributed by atoms with van der Waals surface area (Å²) in [6, 6.07) is 0.445. The number of hydrogen-bond acceptors (Lipinski definition) is 9. The van der Waals surface area contributed by atoms with Gasteiger partial charge >= 0.3 is 0 Å². The normalized spacial score (nSPS) is 32.3. The van der Waals surface area contributed by atoms with Gasteiger partial charge in [-0.15, -0.1) is 0 Å². The molecule has 4 atom stereocenters. The minimum absolute atomic E-state index is 0.369. The topological polar surface area (TPSA) is 111 Å². The number of fused-ring (bicyclic) bond motifs is 1. The summed E-state index contributed by atoms with van der Waals surface area (Å²) in [5.41, 5.74) is 0. The first-order valence-electron chi connectivity index (χ1n) is 7.93. The molecule has 0 unspecified atom stereocenters. The number of ether oxygens (including phenoxy) is 1. The molecule has 2 fully saturated rings. The number of aliphatic hydroxyl groups is 3. The zero-order valence-electron chi connectivity index (χ0n) is 13.2. The zero-order valence-corrected chi connectivity index (χ0v) is 14.0. The maximum atomic E-state index is 10.3. The summed E-state index contributed by atoms with van der Waals surface area (Å²) < 4.78 is 5.64. The van der Waals surface area contributed by atoms with E-state index < -0.39 is 24.5 Å². The van der Waals surface area contributed by atoms with Crippen LogP contribution in [0.25, 0.3) is 0 Å². The highest BCUT2D eigenvalue weighted by atomic mass is 32.2. The van der Waals surface area contributed by atoms with E-state index in [0.717, 1.165) is 23.6 Å². The van der Waals surface area contributed by atoms with Crippen LogP contribution in [-0.4, -0.2) is 62.5 Å². The van der Waals surface area contributed by atoms with E-state index in [-0.39, 0.29) is 6.61 Å². The number of anilines is 2. The summed E-state index contributed by atoms with van der Waals surface area (Å²) in [5, 5.41) is 33.7. The third kappa shape index (κ3) is 2.56. The van der Waals surface area contributed by atoms with Crippen molar-refractivity contribution in [3.05, 3.63) is 17.4 Å². The second kappa shape index (κ2) is 5.85. The lowest BCUT2D eigenvalue weighted by Gasteiger charge is -2.28. The lowest BCUT2D eigenvalue weighted by molar-refractivity contribution is -0.0205. The molecule has 1 saturated heterocycles. The Bertz CT molecular complexity index is 684. The van der Waals surface area contributed by atoms with E-state index >= 15 is 0 Å². The number of aryl methyl sites for hydroxylation is 1. The average Bonchev–Trinajstić information content (AvgIpc) is 3.24. The second-order valence-electron chi connectivity index (χ2n) is 6.29. The van der Waals surface area contributed by atoms with E-state index in [0.29, 0.717) is 22.7 Å². The van der Waals surface area contributed by atoms with Gasteiger partial charge in [-0.25, -0.2) is 9.97 Å². The number of nitrogens with zero attached hydrogens (tertiary/aromatic N) is 3. The number of aliphatic hydroxyl groups excluding tert-OH is 3. The fourth-order valence-electron chi connectivity index (χ4n) is 2.96. The van der Waals surface area contributed by atoms with Crippen LogP contribution >= 0.6 is 11.8 Å². The molecule has 9 heteroatoms. The maximum Gasteiger partial charge on any atom is 0.165 e. The van der Waals surface area contributed by atoms with Crippen molar-refractivity contribution < 1.29 is 20.1 Å². The quantitative estimate of drug-likeness (QED) is 0.603. The van der Waals surface area contributed by atoms with Crippen molar-refractivity contribution in [3.8, 4) is 0 Å². The smallest absolute Gasteiger partial charge is 0.165 e. The van der Waals surface area contributed by atoms with Crippen LogP contribution in [0.15, 0.2) is 16.5 Å². The molecule has 1 aliphatic carbocycles. The Morgan fingerprint density at radius 3 is 2.71 bits per heavy atom. The Hall–Kier alpha value is -1.39. The summed E-state index contributed by atoms with van der Waals surface area (Å²) in [4.78, 5) is 11.5. The van der Waals surface area contributed by atoms with Crippen molar-refractivity contribution in [3.63, 3.8) is 0 Å². The molecule has 0 bridgehead atoms. The van der Waals surface area contributed by atoms with Crippen molar-refractivity contribution in [2.75, 3.05) is 16.8 Å². The predicted molar refractivity (Wildman–Crippen MR) is 88.7 cm³/mol. The van der Waals surface area contributed by atoms with Crippen LogP contribution in [-0.2, 0) is 4.74 Å². The summed E-state index contributed by atoms with van der Waals surface area (Å²) in [6.45, 7) is 5.47. The average molecular weight is 352 g/mol. The number of thioether (sulfide) groups is 1. The highest BCUT2D eigenvalue weighted by Gasteiger charge is 2.49. The molecular weight excluding hydrogens is 332 g/mol. The van der Waals surface area contributed by atoms with Gasteiger partial charge in [-0.05, 0) is 19.8 Å². The molecule has 1 saturated carbocycles. The van der Waals surface area contributed by atoms with E-state index in [2.05, 4.69) is 21.9 Å². The largest absolute Gasteiger partial charge is 0.394 e. The van der Waals surface area contributed by atoms with Crippen LogP contribution in [0.1, 0.15) is 18.7 Å². The molecule has 0 spiro atoms. The minimum Gasteiger partial charge on any atom is -0.394 e. The number of hydrogen-bond donors (Lipinski definition) is 4. The minimum atomic E-state index is -1.17. The Balaban J connectivity index is 1.70. The Labute approximate surface area is 143 Å². The maximum absolute atomic E-state index is 10.3. The van der Waals surface area contributed by atoms with Gasteiger partial charge in [-0.3, -0.25) is 4.90 Å². The van der Waals surface area contributed by atoms with Crippen molar-refractivity contribution >= 4 is 23.4 Å². The van der Waals surface area contributed by atoms with Gasteiger partial charge in [0.15, 0.2) is 12.0 Å². The van der Waals surface area contributed by atoms with Crippen LogP contribution in [0.4, 0.5) is 11.6 Å². The van der Waals surface area contributed by atoms with Crippen molar-refractivity contribution in [1.29, 1.82) is 0 Å². The monoisotopic (exact) mass is 352 g/mol. The van der Waals surface area contributed by atoms with Crippen LogP contribution in [0.3, 0.4) is 0 Å². The summed E-state index contributed by atoms with van der Waals surface area (Å²) in [6.07, 6.45) is -1.75. The van der Waals surface area contributed by atoms with Crippen molar-refractivity contribution in [2.24, 2.45) is 0 Å². The van der Waals surface area contributed by atoms with E-state index in [1.807, 2.05) is 0 Å². The molecule has 1 aromatic heterocycles. The molecule has 4 N–H and O–H groups in total. The first kappa shape index (κ1) is 16.1. The predicted octanol–water partition coefficient (Wildman–Crippen LogP) is 0.182. The molecule has 0 amide bonds. The van der Waals surface area contributed by atoms with Crippen LogP contribution in [0.5, 0.6) is 0 Å². The highest BCUT2D eigenvalue weighted by Crippen LogP contribution is 2.50. The third-order valence-electron chi connectivity index (χ3n) is 4.37. The molecule has 0 aromatic carbocycles. The molecule has 3 heterocycles. The Kier molecular flexibility index (Phi) is 3.92. The zero-order chi connectivity index (χ0) is 17.0. The summed E-state index contributed by atoms with van der Waals surface area (Å²) >= 11 is 1.41. The van der Waals surface area contributed by atoms with Gasteiger partial charge in [-0.2, -0.15) is 0 Å². The first-order chi connectivity index (χ1) is 11.5. The van der Waals surface area contributed by atoms with E-state index in [4.69, 9.17) is 4.74 Å². The van der Waals surface area contributed by atoms with Crippen LogP contribution in [0.2, 0.25) is 0 Å². The van der Waals surface area contributed by atoms with Gasteiger partial charge < -0.3 is 25.4 Å². The third-order valence-corrected chi connectivity index (χ3v) is 5.38. The standard InChI is InChI=1S/C15H20N4O4S/c1-6-16-13(18-8-3-4-8)12-14(17-6)19(7(2)24-12)15-11(22)10(21)9(5-20)23-15/h8-11,15,20-22H,2-5H2,1H3,(H,16,17,18)/t9-,10-,11-,15-/m1/s1. The molecule has 130 valence electrons.